The van der Waals surface area contributed by atoms with E-state index in [0.717, 1.165) is 0 Å². The van der Waals surface area contributed by atoms with E-state index in [2.05, 4.69) is 21.2 Å². The lowest BCUT2D eigenvalue weighted by Gasteiger charge is -2.35. The van der Waals surface area contributed by atoms with Crippen molar-refractivity contribution in [1.82, 2.24) is 0 Å². The van der Waals surface area contributed by atoms with Crippen molar-refractivity contribution in [3.8, 4) is 0 Å². The van der Waals surface area contributed by atoms with Crippen molar-refractivity contribution in [3.05, 3.63) is 32.8 Å². The largest absolute Gasteiger partial charge is 0.480 e. The lowest BCUT2D eigenvalue weighted by molar-refractivity contribution is -0.384. The highest BCUT2D eigenvalue weighted by Gasteiger charge is 2.40. The Hall–Kier alpha value is -1.67. The van der Waals surface area contributed by atoms with Crippen LogP contribution in [0.5, 0.6) is 0 Å². The van der Waals surface area contributed by atoms with Gasteiger partial charge in [0.2, 0.25) is 0 Å². The Morgan fingerprint density at radius 3 is 2.60 bits per heavy atom. The third kappa shape index (κ3) is 2.91. The van der Waals surface area contributed by atoms with Gasteiger partial charge < -0.3 is 15.2 Å². The Balaban J connectivity index is 2.27. The minimum atomic E-state index is -1.10. The lowest BCUT2D eigenvalue weighted by Crippen LogP contribution is -2.50. The summed E-state index contributed by atoms with van der Waals surface area (Å²) in [5, 5.41) is 23.1. The molecule has 1 aromatic rings. The van der Waals surface area contributed by atoms with Crippen molar-refractivity contribution < 1.29 is 19.6 Å². The van der Waals surface area contributed by atoms with E-state index in [1.54, 1.807) is 0 Å². The molecule has 0 radical (unpaired) electrons. The number of anilines is 1. The molecule has 0 atom stereocenters. The highest BCUT2D eigenvalue weighted by molar-refractivity contribution is 9.10. The molecule has 1 saturated heterocycles. The van der Waals surface area contributed by atoms with Crippen molar-refractivity contribution in [2.24, 2.45) is 0 Å². The normalized spacial score (nSPS) is 17.4. The van der Waals surface area contributed by atoms with Crippen LogP contribution in [0.15, 0.2) is 22.7 Å². The highest BCUT2D eigenvalue weighted by atomic mass is 79.9. The zero-order chi connectivity index (χ0) is 14.8. The van der Waals surface area contributed by atoms with Gasteiger partial charge in [0.05, 0.1) is 4.92 Å². The first-order valence-corrected chi connectivity index (χ1v) is 6.77. The van der Waals surface area contributed by atoms with Crippen LogP contribution in [0.25, 0.3) is 0 Å². The third-order valence-electron chi connectivity index (χ3n) is 3.29. The number of nitro benzene ring substituents is 1. The fourth-order valence-electron chi connectivity index (χ4n) is 2.09. The van der Waals surface area contributed by atoms with Crippen molar-refractivity contribution >= 4 is 33.3 Å². The van der Waals surface area contributed by atoms with Crippen LogP contribution in [0.3, 0.4) is 0 Å². The van der Waals surface area contributed by atoms with E-state index in [0.29, 0.717) is 36.2 Å². The van der Waals surface area contributed by atoms with Crippen molar-refractivity contribution in [1.29, 1.82) is 0 Å². The number of carboxylic acid groups (broad SMARTS) is 1. The highest BCUT2D eigenvalue weighted by Crippen LogP contribution is 2.32. The number of benzene rings is 1. The number of rotatable bonds is 4. The van der Waals surface area contributed by atoms with Crippen LogP contribution in [0, 0.1) is 10.1 Å². The Morgan fingerprint density at radius 2 is 2.10 bits per heavy atom. The molecule has 8 heteroatoms. The number of ether oxygens (including phenoxy) is 1. The quantitative estimate of drug-likeness (QED) is 0.642. The standard InChI is InChI=1S/C12H13BrN2O5/c13-9-7-8(15(18)19)1-2-10(9)14-12(11(16)17)3-5-20-6-4-12/h1-2,7,14H,3-6H2,(H,16,17). The lowest BCUT2D eigenvalue weighted by atomic mass is 9.90. The van der Waals surface area contributed by atoms with Crippen LogP contribution in [-0.2, 0) is 9.53 Å². The number of nitro groups is 1. The summed E-state index contributed by atoms with van der Waals surface area (Å²) in [6, 6.07) is 4.18. The molecule has 0 aromatic heterocycles. The van der Waals surface area contributed by atoms with Gasteiger partial charge in [-0.25, -0.2) is 4.79 Å². The van der Waals surface area contributed by atoms with Crippen LogP contribution in [0.1, 0.15) is 12.8 Å². The van der Waals surface area contributed by atoms with E-state index >= 15 is 0 Å². The van der Waals surface area contributed by atoms with Crippen LogP contribution >= 0.6 is 15.9 Å². The summed E-state index contributed by atoms with van der Waals surface area (Å²) in [6.07, 6.45) is 0.678. The van der Waals surface area contributed by atoms with E-state index in [1.807, 2.05) is 0 Å². The van der Waals surface area contributed by atoms with E-state index in [9.17, 15) is 20.0 Å². The minimum absolute atomic E-state index is 0.0567. The van der Waals surface area contributed by atoms with E-state index in [4.69, 9.17) is 4.74 Å². The molecule has 0 amide bonds. The van der Waals surface area contributed by atoms with Gasteiger partial charge in [-0.3, -0.25) is 10.1 Å². The summed E-state index contributed by atoms with van der Waals surface area (Å²) in [7, 11) is 0. The minimum Gasteiger partial charge on any atom is -0.480 e. The monoisotopic (exact) mass is 344 g/mol. The molecule has 1 heterocycles. The van der Waals surface area contributed by atoms with Gasteiger partial charge in [-0.1, -0.05) is 0 Å². The topological polar surface area (TPSA) is 102 Å². The predicted molar refractivity (Wildman–Crippen MR) is 74.8 cm³/mol. The van der Waals surface area contributed by atoms with Gasteiger partial charge in [-0.05, 0) is 22.0 Å². The summed E-state index contributed by atoms with van der Waals surface area (Å²) >= 11 is 3.22. The average Bonchev–Trinajstić information content (AvgIpc) is 2.41. The second-order valence-electron chi connectivity index (χ2n) is 4.55. The molecule has 1 aliphatic heterocycles. The van der Waals surface area contributed by atoms with E-state index in [1.165, 1.54) is 18.2 Å². The van der Waals surface area contributed by atoms with Gasteiger partial charge in [0, 0.05) is 48.3 Å². The van der Waals surface area contributed by atoms with Crippen molar-refractivity contribution in [2.45, 2.75) is 18.4 Å². The summed E-state index contributed by atoms with van der Waals surface area (Å²) < 4.78 is 5.65. The SMILES string of the molecule is O=C(O)C1(Nc2ccc([N+](=O)[O-])cc2Br)CCOCC1. The number of non-ortho nitro benzene ring substituents is 1. The van der Waals surface area contributed by atoms with Crippen LogP contribution in [-0.4, -0.2) is 34.8 Å². The summed E-state index contributed by atoms with van der Waals surface area (Å²) in [5.41, 5.74) is -0.643. The Morgan fingerprint density at radius 1 is 1.45 bits per heavy atom. The van der Waals surface area contributed by atoms with Gasteiger partial charge in [-0.15, -0.1) is 0 Å². The molecule has 7 nitrogen and oxygen atoms in total. The number of aliphatic carboxylic acids is 1. The predicted octanol–water partition coefficient (Wildman–Crippen LogP) is 2.40. The number of nitrogens with zero attached hydrogens (tertiary/aromatic N) is 1. The maximum Gasteiger partial charge on any atom is 0.329 e. The molecule has 1 aromatic carbocycles. The molecule has 2 N–H and O–H groups in total. The number of carbonyl (C=O) groups is 1. The average molecular weight is 345 g/mol. The third-order valence-corrected chi connectivity index (χ3v) is 3.95. The molecule has 0 aliphatic carbocycles. The summed E-state index contributed by atoms with van der Waals surface area (Å²) in [4.78, 5) is 21.7. The molecule has 108 valence electrons. The number of nitrogens with one attached hydrogen (secondary N) is 1. The van der Waals surface area contributed by atoms with Crippen LogP contribution in [0.4, 0.5) is 11.4 Å². The van der Waals surface area contributed by atoms with Crippen molar-refractivity contribution in [3.63, 3.8) is 0 Å². The molecule has 1 fully saturated rings. The van der Waals surface area contributed by atoms with Gasteiger partial charge in [0.1, 0.15) is 5.54 Å². The molecule has 2 rings (SSSR count). The fourth-order valence-corrected chi connectivity index (χ4v) is 2.55. The molecular weight excluding hydrogens is 332 g/mol. The first kappa shape index (κ1) is 14.7. The van der Waals surface area contributed by atoms with Crippen molar-refractivity contribution in [2.75, 3.05) is 18.5 Å². The molecule has 1 aliphatic rings. The fraction of sp³-hybridized carbons (Fsp3) is 0.417. The first-order chi connectivity index (χ1) is 9.44. The second-order valence-corrected chi connectivity index (χ2v) is 5.40. The Labute approximate surface area is 123 Å². The summed E-state index contributed by atoms with van der Waals surface area (Å²) in [6.45, 7) is 0.730. The molecule has 0 saturated carbocycles. The van der Waals surface area contributed by atoms with E-state index < -0.39 is 16.4 Å². The summed E-state index contributed by atoms with van der Waals surface area (Å²) in [5.74, 6) is -0.953. The smallest absolute Gasteiger partial charge is 0.329 e. The molecule has 0 bridgehead atoms. The first-order valence-electron chi connectivity index (χ1n) is 5.98. The molecular formula is C12H13BrN2O5. The number of carboxylic acids is 1. The Kier molecular flexibility index (Phi) is 4.24. The second kappa shape index (κ2) is 5.76. The maximum absolute atomic E-state index is 11.5. The van der Waals surface area contributed by atoms with Gasteiger partial charge >= 0.3 is 5.97 Å². The zero-order valence-electron chi connectivity index (χ0n) is 10.5. The Bertz CT molecular complexity index is 543. The number of halogens is 1. The number of hydrogen-bond acceptors (Lipinski definition) is 5. The van der Waals surface area contributed by atoms with Crippen LogP contribution < -0.4 is 5.32 Å². The zero-order valence-corrected chi connectivity index (χ0v) is 12.1. The maximum atomic E-state index is 11.5. The van der Waals surface area contributed by atoms with Gasteiger partial charge in [-0.2, -0.15) is 0 Å². The van der Waals surface area contributed by atoms with Gasteiger partial charge in [0.25, 0.3) is 5.69 Å². The number of hydrogen-bond donors (Lipinski definition) is 2. The molecule has 20 heavy (non-hydrogen) atoms. The van der Waals surface area contributed by atoms with E-state index in [-0.39, 0.29) is 5.69 Å². The molecule has 0 spiro atoms. The van der Waals surface area contributed by atoms with Crippen LogP contribution in [0.2, 0.25) is 0 Å². The molecule has 0 unspecified atom stereocenters. The van der Waals surface area contributed by atoms with Gasteiger partial charge in [0.15, 0.2) is 0 Å².